The van der Waals surface area contributed by atoms with Crippen LogP contribution < -0.4 is 5.90 Å². The van der Waals surface area contributed by atoms with Crippen LogP contribution in [0, 0.1) is 5.92 Å². The highest BCUT2D eigenvalue weighted by molar-refractivity contribution is 4.75. The summed E-state index contributed by atoms with van der Waals surface area (Å²) >= 11 is 0. The summed E-state index contributed by atoms with van der Waals surface area (Å²) in [6, 6.07) is 0. The maximum Gasteiger partial charge on any atom is 0.0840 e. The highest BCUT2D eigenvalue weighted by atomic mass is 16.6. The highest BCUT2D eigenvalue weighted by Crippen LogP contribution is 2.31. The Morgan fingerprint density at radius 3 is 2.33 bits per heavy atom. The van der Waals surface area contributed by atoms with E-state index in [0.29, 0.717) is 0 Å². The van der Waals surface area contributed by atoms with Gasteiger partial charge in [0.2, 0.25) is 0 Å². The minimum atomic E-state index is -0.123. The van der Waals surface area contributed by atoms with E-state index in [1.54, 1.807) is 0 Å². The van der Waals surface area contributed by atoms with Gasteiger partial charge in [-0.3, -0.25) is 4.84 Å². The molecule has 0 aromatic carbocycles. The van der Waals surface area contributed by atoms with Crippen LogP contribution in [0.2, 0.25) is 0 Å². The quantitative estimate of drug-likeness (QED) is 0.662. The van der Waals surface area contributed by atoms with Crippen molar-refractivity contribution in [2.75, 3.05) is 0 Å². The number of hydrogen-bond donors (Lipinski definition) is 1. The minimum absolute atomic E-state index is 0.123. The van der Waals surface area contributed by atoms with Crippen LogP contribution in [0.3, 0.4) is 0 Å². The van der Waals surface area contributed by atoms with Crippen LogP contribution in [0.25, 0.3) is 0 Å². The molecule has 72 valence electrons. The number of rotatable bonds is 3. The summed E-state index contributed by atoms with van der Waals surface area (Å²) in [5, 5.41) is 0. The Labute approximate surface area is 75.4 Å². The predicted molar refractivity (Wildman–Crippen MR) is 50.5 cm³/mol. The standard InChI is InChI=1S/C10H21NO/c1-10(2,12-11)8-9-6-4-3-5-7-9/h9H,3-8,11H2,1-2H3. The van der Waals surface area contributed by atoms with Gasteiger partial charge in [0, 0.05) is 0 Å². The SMILES string of the molecule is CC(C)(CC1CCCCC1)ON. The molecular formula is C10H21NO. The molecule has 1 aliphatic carbocycles. The van der Waals surface area contributed by atoms with Crippen molar-refractivity contribution in [3.8, 4) is 0 Å². The first-order valence-electron chi connectivity index (χ1n) is 5.02. The van der Waals surface area contributed by atoms with Crippen LogP contribution in [-0.2, 0) is 4.84 Å². The molecule has 0 aliphatic heterocycles. The van der Waals surface area contributed by atoms with Gasteiger partial charge in [0.05, 0.1) is 5.60 Å². The Bertz CT molecular complexity index is 128. The lowest BCUT2D eigenvalue weighted by Gasteiger charge is -2.29. The lowest BCUT2D eigenvalue weighted by molar-refractivity contribution is -0.0393. The Kier molecular flexibility index (Phi) is 3.53. The smallest absolute Gasteiger partial charge is 0.0840 e. The molecule has 2 heteroatoms. The van der Waals surface area contributed by atoms with Gasteiger partial charge >= 0.3 is 0 Å². The summed E-state index contributed by atoms with van der Waals surface area (Å²) in [6.07, 6.45) is 8.06. The Balaban J connectivity index is 2.28. The maximum atomic E-state index is 5.22. The second-order valence-electron chi connectivity index (χ2n) is 4.59. The summed E-state index contributed by atoms with van der Waals surface area (Å²) in [4.78, 5) is 4.94. The molecule has 0 saturated heterocycles. The molecule has 0 heterocycles. The Morgan fingerprint density at radius 2 is 1.83 bits per heavy atom. The Morgan fingerprint density at radius 1 is 1.25 bits per heavy atom. The van der Waals surface area contributed by atoms with Gasteiger partial charge in [0.25, 0.3) is 0 Å². The first-order valence-corrected chi connectivity index (χ1v) is 5.02. The van der Waals surface area contributed by atoms with Gasteiger partial charge in [-0.05, 0) is 26.2 Å². The molecule has 2 N–H and O–H groups in total. The molecular weight excluding hydrogens is 150 g/mol. The average Bonchev–Trinajstić information content (AvgIpc) is 2.06. The number of hydrogen-bond acceptors (Lipinski definition) is 2. The second kappa shape index (κ2) is 4.24. The van der Waals surface area contributed by atoms with Crippen molar-refractivity contribution in [2.45, 2.75) is 58.0 Å². The van der Waals surface area contributed by atoms with E-state index in [4.69, 9.17) is 10.7 Å². The van der Waals surface area contributed by atoms with Crippen LogP contribution in [0.5, 0.6) is 0 Å². The van der Waals surface area contributed by atoms with Crippen LogP contribution in [0.4, 0.5) is 0 Å². The molecule has 1 rings (SSSR count). The van der Waals surface area contributed by atoms with Crippen molar-refractivity contribution in [1.82, 2.24) is 0 Å². The molecule has 1 aliphatic rings. The van der Waals surface area contributed by atoms with E-state index in [0.717, 1.165) is 12.3 Å². The van der Waals surface area contributed by atoms with Crippen molar-refractivity contribution >= 4 is 0 Å². The summed E-state index contributed by atoms with van der Waals surface area (Å²) < 4.78 is 0. The summed E-state index contributed by atoms with van der Waals surface area (Å²) in [7, 11) is 0. The third-order valence-corrected chi connectivity index (χ3v) is 2.82. The van der Waals surface area contributed by atoms with Crippen LogP contribution in [-0.4, -0.2) is 5.60 Å². The molecule has 0 atom stereocenters. The van der Waals surface area contributed by atoms with E-state index < -0.39 is 0 Å². The van der Waals surface area contributed by atoms with E-state index in [1.807, 2.05) is 0 Å². The number of nitrogens with two attached hydrogens (primary N) is 1. The highest BCUT2D eigenvalue weighted by Gasteiger charge is 2.24. The predicted octanol–water partition coefficient (Wildman–Crippen LogP) is 2.63. The van der Waals surface area contributed by atoms with Crippen LogP contribution in [0.1, 0.15) is 52.4 Å². The monoisotopic (exact) mass is 171 g/mol. The summed E-state index contributed by atoms with van der Waals surface area (Å²) in [5.74, 6) is 6.07. The van der Waals surface area contributed by atoms with Crippen molar-refractivity contribution < 1.29 is 4.84 Å². The molecule has 1 saturated carbocycles. The lowest BCUT2D eigenvalue weighted by atomic mass is 9.82. The molecule has 0 amide bonds. The van der Waals surface area contributed by atoms with E-state index >= 15 is 0 Å². The van der Waals surface area contributed by atoms with Crippen molar-refractivity contribution in [1.29, 1.82) is 0 Å². The van der Waals surface area contributed by atoms with Gasteiger partial charge in [0.1, 0.15) is 0 Å². The third-order valence-electron chi connectivity index (χ3n) is 2.82. The summed E-state index contributed by atoms with van der Waals surface area (Å²) in [5.41, 5.74) is -0.123. The molecule has 0 unspecified atom stereocenters. The zero-order valence-electron chi connectivity index (χ0n) is 8.31. The Hall–Kier alpha value is -0.0800. The normalized spacial score (nSPS) is 21.2. The van der Waals surface area contributed by atoms with Gasteiger partial charge in [0.15, 0.2) is 0 Å². The molecule has 0 spiro atoms. The first-order chi connectivity index (χ1) is 5.64. The average molecular weight is 171 g/mol. The maximum absolute atomic E-state index is 5.22. The van der Waals surface area contributed by atoms with Crippen LogP contribution >= 0.6 is 0 Å². The van der Waals surface area contributed by atoms with Gasteiger partial charge in [-0.15, -0.1) is 0 Å². The molecule has 0 radical (unpaired) electrons. The second-order valence-corrected chi connectivity index (χ2v) is 4.59. The molecule has 0 aromatic rings. The molecule has 2 nitrogen and oxygen atoms in total. The third kappa shape index (κ3) is 3.11. The fourth-order valence-electron chi connectivity index (χ4n) is 2.13. The van der Waals surface area contributed by atoms with Crippen molar-refractivity contribution in [2.24, 2.45) is 11.8 Å². The fourth-order valence-corrected chi connectivity index (χ4v) is 2.13. The largest absolute Gasteiger partial charge is 0.299 e. The fraction of sp³-hybridized carbons (Fsp3) is 1.00. The minimum Gasteiger partial charge on any atom is -0.299 e. The van der Waals surface area contributed by atoms with Gasteiger partial charge in [-0.1, -0.05) is 32.1 Å². The zero-order valence-corrected chi connectivity index (χ0v) is 8.31. The van der Waals surface area contributed by atoms with E-state index in [-0.39, 0.29) is 5.60 Å². The molecule has 1 fully saturated rings. The van der Waals surface area contributed by atoms with Gasteiger partial charge in [-0.25, -0.2) is 5.90 Å². The first kappa shape index (κ1) is 10.0. The van der Waals surface area contributed by atoms with Crippen molar-refractivity contribution in [3.05, 3.63) is 0 Å². The molecule has 0 bridgehead atoms. The van der Waals surface area contributed by atoms with E-state index in [2.05, 4.69) is 13.8 Å². The molecule has 12 heavy (non-hydrogen) atoms. The summed E-state index contributed by atoms with van der Waals surface area (Å²) in [6.45, 7) is 4.14. The zero-order chi connectivity index (χ0) is 9.03. The molecule has 0 aromatic heterocycles. The van der Waals surface area contributed by atoms with E-state index in [9.17, 15) is 0 Å². The topological polar surface area (TPSA) is 35.2 Å². The lowest BCUT2D eigenvalue weighted by Crippen LogP contribution is -2.31. The van der Waals surface area contributed by atoms with Crippen LogP contribution in [0.15, 0.2) is 0 Å². The van der Waals surface area contributed by atoms with Gasteiger partial charge in [-0.2, -0.15) is 0 Å². The van der Waals surface area contributed by atoms with Crippen molar-refractivity contribution in [3.63, 3.8) is 0 Å². The van der Waals surface area contributed by atoms with Gasteiger partial charge < -0.3 is 0 Å². The van der Waals surface area contributed by atoms with E-state index in [1.165, 1.54) is 32.1 Å².